The summed E-state index contributed by atoms with van der Waals surface area (Å²) >= 11 is 0. The molecule has 228 valence electrons. The minimum absolute atomic E-state index is 0.00309. The molecule has 0 aliphatic rings. The summed E-state index contributed by atoms with van der Waals surface area (Å²) in [6, 6.07) is 0. The fourth-order valence-electron chi connectivity index (χ4n) is 3.18. The molecule has 0 rings (SSSR count). The lowest BCUT2D eigenvalue weighted by molar-refractivity contribution is -0.148. The van der Waals surface area contributed by atoms with Crippen LogP contribution in [0.3, 0.4) is 0 Å². The quantitative estimate of drug-likeness (QED) is 0.103. The van der Waals surface area contributed by atoms with Crippen LogP contribution in [0.15, 0.2) is 0 Å². The first-order valence-corrected chi connectivity index (χ1v) is 17.0. The Morgan fingerprint density at radius 3 is 1.39 bits per heavy atom. The Balaban J connectivity index is -0.000000484. The smallest absolute Gasteiger partial charge is 0.342 e. The first-order valence-electron chi connectivity index (χ1n) is 11.8. The summed E-state index contributed by atoms with van der Waals surface area (Å²) in [5.74, 6) is -3.26. The number of carboxylic acid groups (broad SMARTS) is 2. The number of hydrogen-bond donors (Lipinski definition) is 7. The number of aliphatic carboxylic acids is 2. The summed E-state index contributed by atoms with van der Waals surface area (Å²) in [6.07, 6.45) is -0.320. The van der Waals surface area contributed by atoms with Crippen LogP contribution in [0.1, 0.15) is 73.6 Å². The third-order valence-corrected chi connectivity index (χ3v) is 9.67. The number of rotatable bonds is 15. The van der Waals surface area contributed by atoms with E-state index < -0.39 is 63.6 Å². The zero-order valence-electron chi connectivity index (χ0n) is 22.6. The van der Waals surface area contributed by atoms with E-state index in [-0.39, 0.29) is 38.9 Å². The highest BCUT2D eigenvalue weighted by Gasteiger charge is 2.51. The molecule has 0 aromatic rings. The molecule has 0 amide bonds. The lowest BCUT2D eigenvalue weighted by Gasteiger charge is -2.28. The van der Waals surface area contributed by atoms with Gasteiger partial charge in [0.2, 0.25) is 0 Å². The Morgan fingerprint density at radius 2 is 1.21 bits per heavy atom. The van der Waals surface area contributed by atoms with Gasteiger partial charge in [-0.25, -0.2) is 0 Å². The van der Waals surface area contributed by atoms with E-state index in [4.69, 9.17) is 34.7 Å². The molecule has 0 heterocycles. The topological polar surface area (TPSA) is 262 Å². The Morgan fingerprint density at radius 1 is 0.737 bits per heavy atom. The van der Waals surface area contributed by atoms with Crippen molar-refractivity contribution in [2.45, 2.75) is 78.8 Å². The van der Waals surface area contributed by atoms with E-state index in [0.29, 0.717) is 6.42 Å². The summed E-state index contributed by atoms with van der Waals surface area (Å²) in [4.78, 5) is 76.6. The molecule has 38 heavy (non-hydrogen) atoms. The molecule has 0 radical (unpaired) electrons. The van der Waals surface area contributed by atoms with Crippen LogP contribution in [0.5, 0.6) is 0 Å². The number of ether oxygens (including phenoxy) is 1. The van der Waals surface area contributed by atoms with Gasteiger partial charge in [0.1, 0.15) is 6.16 Å². The van der Waals surface area contributed by atoms with Gasteiger partial charge >= 0.3 is 40.7 Å². The highest BCUT2D eigenvalue weighted by molar-refractivity contribution is 7.54. The molecule has 0 spiro atoms. The number of carboxylic acids is 2. The Kier molecular flexibility index (Phi) is 19.9. The lowest BCUT2D eigenvalue weighted by Crippen LogP contribution is -2.37. The van der Waals surface area contributed by atoms with Gasteiger partial charge in [0.15, 0.2) is 5.16 Å². The van der Waals surface area contributed by atoms with E-state index in [1.165, 1.54) is 6.92 Å². The van der Waals surface area contributed by atoms with Gasteiger partial charge in [-0.05, 0) is 39.5 Å². The molecule has 0 aromatic carbocycles. The number of carbonyl (C=O) groups is 3. The van der Waals surface area contributed by atoms with Gasteiger partial charge < -0.3 is 43.9 Å². The fraction of sp³-hybridized carbons (Fsp3) is 0.850. The van der Waals surface area contributed by atoms with Gasteiger partial charge in [0.25, 0.3) is 0 Å². The van der Waals surface area contributed by atoms with E-state index in [1.54, 1.807) is 34.6 Å². The molecule has 0 bridgehead atoms. The van der Waals surface area contributed by atoms with Gasteiger partial charge in [-0.2, -0.15) is 0 Å². The molecule has 0 aliphatic carbocycles. The molecule has 15 nitrogen and oxygen atoms in total. The van der Waals surface area contributed by atoms with Gasteiger partial charge in [-0.3, -0.25) is 28.1 Å². The Hall–Kier alpha value is -1.14. The van der Waals surface area contributed by atoms with E-state index in [1.807, 2.05) is 0 Å². The maximum absolute atomic E-state index is 11.0. The molecular formula is C20H43O15P3. The van der Waals surface area contributed by atoms with Crippen molar-refractivity contribution in [3.05, 3.63) is 0 Å². The highest BCUT2D eigenvalue weighted by atomic mass is 31.2. The second-order valence-corrected chi connectivity index (χ2v) is 13.6. The zero-order valence-corrected chi connectivity index (χ0v) is 25.3. The lowest BCUT2D eigenvalue weighted by atomic mass is 9.85. The fourth-order valence-corrected chi connectivity index (χ4v) is 6.64. The van der Waals surface area contributed by atoms with Crippen molar-refractivity contribution in [2.75, 3.05) is 25.5 Å². The third-order valence-electron chi connectivity index (χ3n) is 5.49. The van der Waals surface area contributed by atoms with Crippen LogP contribution in [0.4, 0.5) is 0 Å². The molecule has 18 heteroatoms. The van der Waals surface area contributed by atoms with E-state index in [2.05, 4.69) is 9.26 Å². The van der Waals surface area contributed by atoms with Crippen LogP contribution in [-0.2, 0) is 37.3 Å². The average molecular weight is 616 g/mol. The van der Waals surface area contributed by atoms with Crippen LogP contribution in [0, 0.1) is 5.41 Å². The highest BCUT2D eigenvalue weighted by Crippen LogP contribution is 2.55. The van der Waals surface area contributed by atoms with Crippen molar-refractivity contribution in [1.29, 1.82) is 0 Å². The van der Waals surface area contributed by atoms with E-state index in [9.17, 15) is 28.1 Å². The summed E-state index contributed by atoms with van der Waals surface area (Å²) in [5, 5.41) is 15.8. The molecule has 0 saturated carbocycles. The molecule has 0 aliphatic heterocycles. The minimum Gasteiger partial charge on any atom is -0.481 e. The SMILES string of the molecule is CCC(CC)(CP(=O)(O)O)C(=O)O.CCCC(CC)(C(=O)O)P(=O)(O)O.CCOC(=O)CP(=O)(O)OCC. The maximum Gasteiger partial charge on any atom is 0.342 e. The van der Waals surface area contributed by atoms with E-state index >= 15 is 0 Å². The third kappa shape index (κ3) is 15.5. The van der Waals surface area contributed by atoms with Gasteiger partial charge in [-0.1, -0.05) is 34.1 Å². The first kappa shape index (κ1) is 41.3. The summed E-state index contributed by atoms with van der Waals surface area (Å²) in [5.41, 5.74) is -1.28. The average Bonchev–Trinajstić information content (AvgIpc) is 2.74. The Bertz CT molecular complexity index is 875. The standard InChI is InChI=1S/2C7H15O5P.C6H13O5P/c1-3-7(4-2,6(8)9)5-13(10,11)12;1-3-5-7(4-2,6(8)9)13(10,11)12;1-3-10-6(7)5-12(8,9)11-4-2/h2*3-5H2,1-2H3,(H,8,9)(H2,10,11,12);3-5H2,1-2H3,(H,8,9). The molecule has 7 N–H and O–H groups in total. The first-order chi connectivity index (χ1) is 17.1. The molecule has 2 unspecified atom stereocenters. The summed E-state index contributed by atoms with van der Waals surface area (Å²) in [6.45, 7) is 9.92. The number of carbonyl (C=O) groups excluding carboxylic acids is 1. The summed E-state index contributed by atoms with van der Waals surface area (Å²) in [7, 11) is -12.6. The number of esters is 1. The molecule has 2 atom stereocenters. The van der Waals surface area contributed by atoms with Gasteiger partial charge in [0, 0.05) is 0 Å². The van der Waals surface area contributed by atoms with Crippen LogP contribution in [-0.4, -0.2) is 83.3 Å². The second-order valence-electron chi connectivity index (χ2n) is 8.12. The predicted octanol–water partition coefficient (Wildman–Crippen LogP) is 3.02. The molecular weight excluding hydrogens is 573 g/mol. The zero-order chi connectivity index (χ0) is 31.0. The summed E-state index contributed by atoms with van der Waals surface area (Å²) < 4.78 is 41.6. The predicted molar refractivity (Wildman–Crippen MR) is 138 cm³/mol. The van der Waals surface area contributed by atoms with Crippen LogP contribution >= 0.6 is 22.8 Å². The van der Waals surface area contributed by atoms with Crippen molar-refractivity contribution < 1.29 is 72.0 Å². The minimum atomic E-state index is -4.58. The van der Waals surface area contributed by atoms with Crippen molar-refractivity contribution in [2.24, 2.45) is 5.41 Å². The second kappa shape index (κ2) is 18.3. The van der Waals surface area contributed by atoms with Crippen LogP contribution in [0.2, 0.25) is 0 Å². The molecule has 0 saturated heterocycles. The van der Waals surface area contributed by atoms with Crippen LogP contribution in [0.25, 0.3) is 0 Å². The molecule has 0 fully saturated rings. The van der Waals surface area contributed by atoms with Gasteiger partial charge in [0.05, 0.1) is 24.8 Å². The van der Waals surface area contributed by atoms with Crippen molar-refractivity contribution in [3.8, 4) is 0 Å². The van der Waals surface area contributed by atoms with Crippen molar-refractivity contribution in [3.63, 3.8) is 0 Å². The maximum atomic E-state index is 11.0. The van der Waals surface area contributed by atoms with E-state index in [0.717, 1.165) is 0 Å². The largest absolute Gasteiger partial charge is 0.481 e. The normalized spacial score (nSPS) is 14.9. The van der Waals surface area contributed by atoms with Crippen molar-refractivity contribution >= 4 is 40.7 Å². The van der Waals surface area contributed by atoms with Gasteiger partial charge in [-0.15, -0.1) is 0 Å². The van der Waals surface area contributed by atoms with Crippen LogP contribution < -0.4 is 0 Å². The van der Waals surface area contributed by atoms with Crippen molar-refractivity contribution in [1.82, 2.24) is 0 Å². The Labute approximate surface area is 222 Å². The number of hydrogen-bond acceptors (Lipinski definition) is 8. The monoisotopic (exact) mass is 616 g/mol. The molecule has 0 aromatic heterocycles.